The molecule has 3 unspecified atom stereocenters. The van der Waals surface area contributed by atoms with Gasteiger partial charge in [0.05, 0.1) is 0 Å². The number of aldehydes is 1. The van der Waals surface area contributed by atoms with Crippen molar-refractivity contribution in [2.45, 2.75) is 72.3 Å². The van der Waals surface area contributed by atoms with Crippen molar-refractivity contribution in [2.75, 3.05) is 5.32 Å². The zero-order chi connectivity index (χ0) is 30.6. The van der Waals surface area contributed by atoms with E-state index >= 15 is 0 Å². The fourth-order valence-corrected chi connectivity index (χ4v) is 4.61. The summed E-state index contributed by atoms with van der Waals surface area (Å²) in [5.74, 6) is -0.689. The molecular formula is C33H40ClF2NO3. The Morgan fingerprint density at radius 3 is 2.12 bits per heavy atom. The molecule has 3 atom stereocenters. The molecule has 0 spiro atoms. The van der Waals surface area contributed by atoms with Gasteiger partial charge in [0.25, 0.3) is 0 Å². The van der Waals surface area contributed by atoms with Gasteiger partial charge in [-0.3, -0.25) is 9.59 Å². The molecule has 0 saturated heterocycles. The van der Waals surface area contributed by atoms with Crippen LogP contribution in [0.4, 0.5) is 14.5 Å². The van der Waals surface area contributed by atoms with E-state index in [0.29, 0.717) is 41.0 Å². The first-order chi connectivity index (χ1) is 18.8. The lowest BCUT2D eigenvalue weighted by molar-refractivity contribution is -0.123. The van der Waals surface area contributed by atoms with Crippen molar-refractivity contribution in [1.29, 1.82) is 0 Å². The van der Waals surface area contributed by atoms with Gasteiger partial charge in [-0.2, -0.15) is 0 Å². The Labute approximate surface area is 242 Å². The molecule has 0 aliphatic carbocycles. The van der Waals surface area contributed by atoms with Crippen molar-refractivity contribution >= 4 is 30.0 Å². The lowest BCUT2D eigenvalue weighted by atomic mass is 9.84. The number of hydrogen-bond acceptors (Lipinski definition) is 3. The molecule has 0 bridgehead atoms. The number of amides is 1. The lowest BCUT2D eigenvalue weighted by Crippen LogP contribution is -2.25. The zero-order valence-corrected chi connectivity index (χ0v) is 25.1. The number of allylic oxidation sites excluding steroid dienone is 1. The third-order valence-electron chi connectivity index (χ3n) is 6.38. The quantitative estimate of drug-likeness (QED) is 0.199. The van der Waals surface area contributed by atoms with Crippen LogP contribution in [0.15, 0.2) is 66.7 Å². The normalized spacial score (nSPS) is 13.3. The lowest BCUT2D eigenvalue weighted by Gasteiger charge is -2.24. The molecule has 0 fully saturated rings. The molecule has 0 aliphatic rings. The van der Waals surface area contributed by atoms with E-state index < -0.39 is 5.60 Å². The largest absolute Gasteiger partial charge is 0.378 e. The number of rotatable bonds is 9. The Morgan fingerprint density at radius 2 is 1.57 bits per heavy atom. The number of anilines is 1. The van der Waals surface area contributed by atoms with Crippen LogP contribution in [0.1, 0.15) is 87.6 Å². The van der Waals surface area contributed by atoms with Gasteiger partial charge in [0.2, 0.25) is 6.41 Å². The second-order valence-electron chi connectivity index (χ2n) is 9.78. The van der Waals surface area contributed by atoms with Crippen LogP contribution in [0.2, 0.25) is 5.02 Å². The number of aryl methyl sites for hydroxylation is 1. The third kappa shape index (κ3) is 9.68. The van der Waals surface area contributed by atoms with E-state index in [1.807, 2.05) is 47.6 Å². The number of carbonyl (C=O) groups is 2. The van der Waals surface area contributed by atoms with Gasteiger partial charge in [0, 0.05) is 16.6 Å². The second kappa shape index (κ2) is 16.0. The molecule has 216 valence electrons. The van der Waals surface area contributed by atoms with Crippen LogP contribution >= 0.6 is 11.6 Å². The summed E-state index contributed by atoms with van der Waals surface area (Å²) in [4.78, 5) is 21.7. The summed E-state index contributed by atoms with van der Waals surface area (Å²) < 4.78 is 26.8. The van der Waals surface area contributed by atoms with E-state index in [-0.39, 0.29) is 23.5 Å². The summed E-state index contributed by atoms with van der Waals surface area (Å²) in [6.07, 6.45) is 1.77. The van der Waals surface area contributed by atoms with E-state index in [0.717, 1.165) is 22.3 Å². The van der Waals surface area contributed by atoms with Crippen molar-refractivity contribution in [3.05, 3.63) is 111 Å². The van der Waals surface area contributed by atoms with Crippen molar-refractivity contribution in [3.8, 4) is 0 Å². The molecule has 0 heterocycles. The Hall–Kier alpha value is -3.35. The highest BCUT2D eigenvalue weighted by Crippen LogP contribution is 2.34. The maximum Gasteiger partial charge on any atom is 0.211 e. The van der Waals surface area contributed by atoms with Crippen LogP contribution in [0.3, 0.4) is 0 Å². The number of benzene rings is 3. The van der Waals surface area contributed by atoms with Gasteiger partial charge in [-0.1, -0.05) is 63.1 Å². The molecule has 1 amide bonds. The minimum Gasteiger partial charge on any atom is -0.378 e. The van der Waals surface area contributed by atoms with E-state index in [2.05, 4.69) is 11.9 Å². The summed E-state index contributed by atoms with van der Waals surface area (Å²) in [5, 5.41) is 13.2. The van der Waals surface area contributed by atoms with Gasteiger partial charge in [0.15, 0.2) is 6.29 Å². The Morgan fingerprint density at radius 1 is 1.00 bits per heavy atom. The average Bonchev–Trinajstić information content (AvgIpc) is 2.91. The van der Waals surface area contributed by atoms with E-state index in [1.165, 1.54) is 37.3 Å². The standard InChI is InChI=1S/C16H15ClFNO.C15H19FO2.C2H6/c1-10-3-5-13(18)8-15(10)11(2)14-6-4-12(17)7-16(14)19-9-20;1-10(2)7-11(3)13-8-12(16)5-6-14(13)15(4,18)9-17;1-2/h3-9,11H,1-2H3,(H,19,20);5-6,8-9,11,18H,1,7H2,2-4H3;1-2H3. The van der Waals surface area contributed by atoms with E-state index in [9.17, 15) is 23.5 Å². The SMILES string of the molecule is C=C(C)CC(C)c1cc(F)ccc1C(C)(O)C=O.CC.Cc1ccc(F)cc1C(C)c1ccc(Cl)cc1NC=O. The average molecular weight is 572 g/mol. The summed E-state index contributed by atoms with van der Waals surface area (Å²) in [5.41, 5.74) is 3.92. The van der Waals surface area contributed by atoms with Crippen molar-refractivity contribution in [1.82, 2.24) is 0 Å². The van der Waals surface area contributed by atoms with Gasteiger partial charge in [-0.25, -0.2) is 8.78 Å². The maximum absolute atomic E-state index is 13.4. The summed E-state index contributed by atoms with van der Waals surface area (Å²) in [6.45, 7) is 17.0. The fraction of sp³-hybridized carbons (Fsp3) is 0.333. The Bertz CT molecular complexity index is 1310. The predicted octanol–water partition coefficient (Wildman–Crippen LogP) is 8.84. The molecule has 0 aromatic heterocycles. The van der Waals surface area contributed by atoms with Crippen molar-refractivity contribution < 1.29 is 23.5 Å². The van der Waals surface area contributed by atoms with Crippen LogP contribution in [0.5, 0.6) is 0 Å². The van der Waals surface area contributed by atoms with Crippen LogP contribution in [-0.2, 0) is 15.2 Å². The molecule has 3 aromatic carbocycles. The molecule has 3 aromatic rings. The van der Waals surface area contributed by atoms with Gasteiger partial charge in [-0.05, 0) is 97.3 Å². The summed E-state index contributed by atoms with van der Waals surface area (Å²) in [6, 6.07) is 14.1. The molecular weight excluding hydrogens is 532 g/mol. The van der Waals surface area contributed by atoms with E-state index in [4.69, 9.17) is 11.6 Å². The third-order valence-corrected chi connectivity index (χ3v) is 6.61. The molecule has 0 radical (unpaired) electrons. The van der Waals surface area contributed by atoms with Crippen LogP contribution in [0.25, 0.3) is 0 Å². The van der Waals surface area contributed by atoms with Crippen LogP contribution in [0, 0.1) is 18.6 Å². The zero-order valence-electron chi connectivity index (χ0n) is 24.3. The number of hydrogen-bond donors (Lipinski definition) is 2. The monoisotopic (exact) mass is 571 g/mol. The molecule has 7 heteroatoms. The Balaban J connectivity index is 0.000000379. The molecule has 3 rings (SSSR count). The first kappa shape index (κ1) is 34.7. The minimum atomic E-state index is -1.59. The van der Waals surface area contributed by atoms with Gasteiger partial charge in [-0.15, -0.1) is 6.58 Å². The van der Waals surface area contributed by atoms with Gasteiger partial charge < -0.3 is 10.4 Å². The first-order valence-corrected chi connectivity index (χ1v) is 13.6. The molecule has 2 N–H and O–H groups in total. The number of halogens is 3. The number of carbonyl (C=O) groups excluding carboxylic acids is 2. The second-order valence-corrected chi connectivity index (χ2v) is 10.2. The highest BCUT2D eigenvalue weighted by atomic mass is 35.5. The highest BCUT2D eigenvalue weighted by Gasteiger charge is 2.27. The minimum absolute atomic E-state index is 0.000347. The Kier molecular flexibility index (Phi) is 13.9. The summed E-state index contributed by atoms with van der Waals surface area (Å²) >= 11 is 5.94. The first-order valence-electron chi connectivity index (χ1n) is 13.2. The van der Waals surface area contributed by atoms with E-state index in [1.54, 1.807) is 18.2 Å². The molecule has 4 nitrogen and oxygen atoms in total. The van der Waals surface area contributed by atoms with Crippen molar-refractivity contribution in [2.24, 2.45) is 0 Å². The summed E-state index contributed by atoms with van der Waals surface area (Å²) in [7, 11) is 0. The molecule has 40 heavy (non-hydrogen) atoms. The smallest absolute Gasteiger partial charge is 0.211 e. The highest BCUT2D eigenvalue weighted by molar-refractivity contribution is 6.30. The predicted molar refractivity (Wildman–Crippen MR) is 161 cm³/mol. The number of nitrogens with one attached hydrogen (secondary N) is 1. The van der Waals surface area contributed by atoms with Gasteiger partial charge >= 0.3 is 0 Å². The maximum atomic E-state index is 13.4. The van der Waals surface area contributed by atoms with Crippen molar-refractivity contribution in [3.63, 3.8) is 0 Å². The molecule has 0 saturated carbocycles. The topological polar surface area (TPSA) is 66.4 Å². The van der Waals surface area contributed by atoms with Crippen LogP contribution < -0.4 is 5.32 Å². The number of aliphatic hydroxyl groups is 1. The van der Waals surface area contributed by atoms with Crippen LogP contribution in [-0.4, -0.2) is 17.8 Å². The van der Waals surface area contributed by atoms with Gasteiger partial charge in [0.1, 0.15) is 17.2 Å². The fourth-order valence-electron chi connectivity index (χ4n) is 4.44. The molecule has 0 aliphatic heterocycles.